The highest BCUT2D eigenvalue weighted by Gasteiger charge is 2.11. The highest BCUT2D eigenvalue weighted by Crippen LogP contribution is 2.22. The average Bonchev–Trinajstić information content (AvgIpc) is 2.94. The summed E-state index contributed by atoms with van der Waals surface area (Å²) in [6.45, 7) is 4.25. The summed E-state index contributed by atoms with van der Waals surface area (Å²) in [7, 11) is 0. The third-order valence-corrected chi connectivity index (χ3v) is 3.95. The molecule has 0 amide bonds. The van der Waals surface area contributed by atoms with Crippen LogP contribution in [0.2, 0.25) is 0 Å². The number of carbonyl (C=O) groups is 1. The van der Waals surface area contributed by atoms with Crippen molar-refractivity contribution in [1.82, 2.24) is 0 Å². The van der Waals surface area contributed by atoms with Gasteiger partial charge in [0.2, 0.25) is 0 Å². The largest absolute Gasteiger partial charge is 0.462 e. The number of esters is 1. The summed E-state index contributed by atoms with van der Waals surface area (Å²) < 4.78 is 4.96. The van der Waals surface area contributed by atoms with Crippen LogP contribution in [0.3, 0.4) is 0 Å². The Bertz CT molecular complexity index is 596. The van der Waals surface area contributed by atoms with Crippen LogP contribution in [0, 0.1) is 0 Å². The van der Waals surface area contributed by atoms with Crippen LogP contribution in [0.4, 0.5) is 11.4 Å². The maximum Gasteiger partial charge on any atom is 0.338 e. The maximum absolute atomic E-state index is 11.6. The second-order valence-corrected chi connectivity index (χ2v) is 5.88. The summed E-state index contributed by atoms with van der Waals surface area (Å²) >= 11 is 1.75. The third-order valence-electron chi connectivity index (χ3n) is 3.05. The van der Waals surface area contributed by atoms with E-state index in [2.05, 4.69) is 29.8 Å². The van der Waals surface area contributed by atoms with Gasteiger partial charge in [-0.05, 0) is 43.5 Å². The Hall–Kier alpha value is -2.01. The fourth-order valence-electron chi connectivity index (χ4n) is 2.08. The molecule has 2 aromatic rings. The van der Waals surface area contributed by atoms with Crippen molar-refractivity contribution in [3.63, 3.8) is 0 Å². The van der Waals surface area contributed by atoms with Gasteiger partial charge in [-0.1, -0.05) is 6.07 Å². The van der Waals surface area contributed by atoms with Crippen molar-refractivity contribution >= 4 is 28.7 Å². The molecule has 0 saturated carbocycles. The number of carbonyl (C=O) groups excluding carboxylic acids is 1. The van der Waals surface area contributed by atoms with Gasteiger partial charge in [-0.25, -0.2) is 4.79 Å². The third kappa shape index (κ3) is 4.23. The summed E-state index contributed by atoms with van der Waals surface area (Å²) in [5.74, 6) is -0.345. The Morgan fingerprint density at radius 1 is 1.43 bits per heavy atom. The van der Waals surface area contributed by atoms with Gasteiger partial charge in [0.05, 0.1) is 23.5 Å². The van der Waals surface area contributed by atoms with E-state index in [0.717, 1.165) is 12.1 Å². The van der Waals surface area contributed by atoms with Gasteiger partial charge >= 0.3 is 5.97 Å². The molecular formula is C16H20N2O2S. The van der Waals surface area contributed by atoms with Crippen molar-refractivity contribution in [3.05, 3.63) is 46.2 Å². The van der Waals surface area contributed by atoms with E-state index >= 15 is 0 Å². The van der Waals surface area contributed by atoms with Gasteiger partial charge in [0.15, 0.2) is 0 Å². The first-order chi connectivity index (χ1) is 10.1. The van der Waals surface area contributed by atoms with E-state index in [9.17, 15) is 4.79 Å². The minimum Gasteiger partial charge on any atom is -0.462 e. The van der Waals surface area contributed by atoms with Gasteiger partial charge in [0.25, 0.3) is 0 Å². The zero-order valence-electron chi connectivity index (χ0n) is 12.3. The smallest absolute Gasteiger partial charge is 0.338 e. The molecule has 1 heterocycles. The van der Waals surface area contributed by atoms with E-state index in [0.29, 0.717) is 17.9 Å². The van der Waals surface area contributed by atoms with Crippen LogP contribution >= 0.6 is 11.3 Å². The maximum atomic E-state index is 11.6. The van der Waals surface area contributed by atoms with Gasteiger partial charge in [0.1, 0.15) is 0 Å². The molecule has 2 rings (SSSR count). The number of rotatable bonds is 6. The Kier molecular flexibility index (Phi) is 5.22. The molecule has 0 saturated heterocycles. The first-order valence-electron chi connectivity index (χ1n) is 6.95. The molecule has 0 aliphatic heterocycles. The Balaban J connectivity index is 2.02. The molecule has 21 heavy (non-hydrogen) atoms. The molecular weight excluding hydrogens is 284 g/mol. The molecule has 4 nitrogen and oxygen atoms in total. The van der Waals surface area contributed by atoms with E-state index in [1.165, 1.54) is 4.88 Å². The normalized spacial score (nSPS) is 11.9. The molecule has 0 aliphatic rings. The predicted octanol–water partition coefficient (Wildman–Crippen LogP) is 3.55. The number of nitrogen functional groups attached to an aromatic ring is 1. The van der Waals surface area contributed by atoms with Crippen molar-refractivity contribution in [2.45, 2.75) is 26.3 Å². The molecule has 1 aromatic carbocycles. The molecule has 0 bridgehead atoms. The van der Waals surface area contributed by atoms with Crippen molar-refractivity contribution in [2.75, 3.05) is 17.7 Å². The molecule has 5 heteroatoms. The fourth-order valence-corrected chi connectivity index (χ4v) is 2.92. The van der Waals surface area contributed by atoms with Crippen LogP contribution < -0.4 is 11.1 Å². The topological polar surface area (TPSA) is 64.3 Å². The lowest BCUT2D eigenvalue weighted by Crippen LogP contribution is -2.18. The average molecular weight is 304 g/mol. The second kappa shape index (κ2) is 7.13. The standard InChI is InChI=1S/C16H20N2O2S/c1-3-20-16(19)12-6-7-15(14(17)10-12)18-11(2)9-13-5-4-8-21-13/h4-8,10-11,18H,3,9,17H2,1-2H3. The highest BCUT2D eigenvalue weighted by atomic mass is 32.1. The molecule has 0 aliphatic carbocycles. The summed E-state index contributed by atoms with van der Waals surface area (Å²) in [5, 5.41) is 5.45. The quantitative estimate of drug-likeness (QED) is 0.633. The Morgan fingerprint density at radius 2 is 2.24 bits per heavy atom. The Morgan fingerprint density at radius 3 is 2.86 bits per heavy atom. The van der Waals surface area contributed by atoms with Gasteiger partial charge in [-0.3, -0.25) is 0 Å². The molecule has 1 unspecified atom stereocenters. The minimum absolute atomic E-state index is 0.263. The molecule has 1 atom stereocenters. The van der Waals surface area contributed by atoms with Crippen LogP contribution in [0.1, 0.15) is 29.1 Å². The summed E-state index contributed by atoms with van der Waals surface area (Å²) in [5.41, 5.74) is 7.88. The lowest BCUT2D eigenvalue weighted by molar-refractivity contribution is 0.0526. The van der Waals surface area contributed by atoms with E-state index in [4.69, 9.17) is 10.5 Å². The molecule has 112 valence electrons. The van der Waals surface area contributed by atoms with Gasteiger partial charge < -0.3 is 15.8 Å². The SMILES string of the molecule is CCOC(=O)c1ccc(NC(C)Cc2cccs2)c(N)c1. The number of ether oxygens (including phenoxy) is 1. The highest BCUT2D eigenvalue weighted by molar-refractivity contribution is 7.09. The van der Waals surface area contributed by atoms with E-state index in [1.807, 2.05) is 6.07 Å². The number of anilines is 2. The van der Waals surface area contributed by atoms with Crippen LogP contribution in [0.25, 0.3) is 0 Å². The number of benzene rings is 1. The zero-order valence-corrected chi connectivity index (χ0v) is 13.1. The van der Waals surface area contributed by atoms with Gasteiger partial charge in [0, 0.05) is 17.3 Å². The van der Waals surface area contributed by atoms with Crippen LogP contribution in [0.5, 0.6) is 0 Å². The summed E-state index contributed by atoms with van der Waals surface area (Å²) in [4.78, 5) is 13.0. The van der Waals surface area contributed by atoms with Gasteiger partial charge in [-0.15, -0.1) is 11.3 Å². The summed E-state index contributed by atoms with van der Waals surface area (Å²) in [6, 6.07) is 9.64. The number of hydrogen-bond acceptors (Lipinski definition) is 5. The Labute approximate surface area is 128 Å². The monoisotopic (exact) mass is 304 g/mol. The van der Waals surface area contributed by atoms with Crippen molar-refractivity contribution < 1.29 is 9.53 Å². The fraction of sp³-hybridized carbons (Fsp3) is 0.312. The van der Waals surface area contributed by atoms with Crippen LogP contribution in [0.15, 0.2) is 35.7 Å². The predicted molar refractivity (Wildman–Crippen MR) is 87.9 cm³/mol. The first-order valence-corrected chi connectivity index (χ1v) is 7.83. The van der Waals surface area contributed by atoms with E-state index in [1.54, 1.807) is 30.4 Å². The van der Waals surface area contributed by atoms with E-state index in [-0.39, 0.29) is 12.0 Å². The number of thiophene rings is 1. The lowest BCUT2D eigenvalue weighted by Gasteiger charge is -2.16. The van der Waals surface area contributed by atoms with Crippen LogP contribution in [-0.2, 0) is 11.2 Å². The zero-order chi connectivity index (χ0) is 15.2. The summed E-state index contributed by atoms with van der Waals surface area (Å²) in [6.07, 6.45) is 0.941. The van der Waals surface area contributed by atoms with E-state index < -0.39 is 0 Å². The lowest BCUT2D eigenvalue weighted by atomic mass is 10.1. The molecule has 0 radical (unpaired) electrons. The minimum atomic E-state index is -0.345. The second-order valence-electron chi connectivity index (χ2n) is 4.85. The first kappa shape index (κ1) is 15.4. The molecule has 3 N–H and O–H groups in total. The number of nitrogens with two attached hydrogens (primary N) is 1. The van der Waals surface area contributed by atoms with Crippen molar-refractivity contribution in [2.24, 2.45) is 0 Å². The number of hydrogen-bond donors (Lipinski definition) is 2. The van der Waals surface area contributed by atoms with Crippen LogP contribution in [-0.4, -0.2) is 18.6 Å². The molecule has 0 spiro atoms. The van der Waals surface area contributed by atoms with Gasteiger partial charge in [-0.2, -0.15) is 0 Å². The molecule has 0 fully saturated rings. The number of nitrogens with one attached hydrogen (secondary N) is 1. The van der Waals surface area contributed by atoms with Crippen molar-refractivity contribution in [1.29, 1.82) is 0 Å². The molecule has 1 aromatic heterocycles. The van der Waals surface area contributed by atoms with Crippen molar-refractivity contribution in [3.8, 4) is 0 Å².